The molecule has 9 heteroatoms. The number of nitrogens with zero attached hydrogens (tertiary/aromatic N) is 2. The number of nitrogens with two attached hydrogens (primary N) is 1. The molecule has 2 aliphatic heterocycles. The molecule has 2 fully saturated rings. The van der Waals surface area contributed by atoms with E-state index in [1.807, 2.05) is 0 Å². The Labute approximate surface area is 152 Å². The summed E-state index contributed by atoms with van der Waals surface area (Å²) < 4.78 is 44.9. The molecule has 7 nitrogen and oxygen atoms in total. The highest BCUT2D eigenvalue weighted by molar-refractivity contribution is 7.89. The fraction of sp³-hybridized carbons (Fsp3) is 0.588. The summed E-state index contributed by atoms with van der Waals surface area (Å²) in [5.41, 5.74) is 6.13. The van der Waals surface area contributed by atoms with Crippen molar-refractivity contribution in [1.29, 1.82) is 0 Å². The molecule has 2 heterocycles. The second kappa shape index (κ2) is 7.99. The van der Waals surface area contributed by atoms with Crippen molar-refractivity contribution in [2.24, 2.45) is 11.7 Å². The van der Waals surface area contributed by atoms with E-state index in [0.717, 1.165) is 25.0 Å². The largest absolute Gasteiger partial charge is 0.381 e. The monoisotopic (exact) mass is 385 g/mol. The third kappa shape index (κ3) is 4.06. The highest BCUT2D eigenvalue weighted by Crippen LogP contribution is 2.21. The summed E-state index contributed by atoms with van der Waals surface area (Å²) in [5.74, 6) is -0.505. The van der Waals surface area contributed by atoms with Crippen LogP contribution in [0, 0.1) is 11.7 Å². The van der Waals surface area contributed by atoms with Gasteiger partial charge in [0.2, 0.25) is 15.9 Å². The summed E-state index contributed by atoms with van der Waals surface area (Å²) in [6.07, 6.45) is 1.54. The SMILES string of the molecule is NC(C(=O)N1CCN(S(=O)(=O)c2ccc(F)cc2)CC1)C1CCOCC1. The molecule has 0 saturated carbocycles. The van der Waals surface area contributed by atoms with Crippen LogP contribution < -0.4 is 5.73 Å². The number of hydrogen-bond donors (Lipinski definition) is 1. The normalized spacial score (nSPS) is 21.5. The molecule has 1 aromatic rings. The van der Waals surface area contributed by atoms with Gasteiger partial charge in [-0.15, -0.1) is 0 Å². The Kier molecular flexibility index (Phi) is 5.91. The average Bonchev–Trinajstić information content (AvgIpc) is 2.68. The van der Waals surface area contributed by atoms with Crippen LogP contribution in [0.15, 0.2) is 29.2 Å². The molecule has 0 bridgehead atoms. The van der Waals surface area contributed by atoms with E-state index in [1.165, 1.54) is 16.4 Å². The summed E-state index contributed by atoms with van der Waals surface area (Å²) >= 11 is 0. The van der Waals surface area contributed by atoms with Crippen LogP contribution in [-0.2, 0) is 19.6 Å². The molecule has 26 heavy (non-hydrogen) atoms. The highest BCUT2D eigenvalue weighted by atomic mass is 32.2. The molecule has 2 N–H and O–H groups in total. The van der Waals surface area contributed by atoms with Crippen LogP contribution in [0.25, 0.3) is 0 Å². The third-order valence-corrected chi connectivity index (χ3v) is 6.97. The fourth-order valence-electron chi connectivity index (χ4n) is 3.39. The zero-order chi connectivity index (χ0) is 18.7. The van der Waals surface area contributed by atoms with Crippen molar-refractivity contribution in [3.05, 3.63) is 30.1 Å². The van der Waals surface area contributed by atoms with E-state index in [9.17, 15) is 17.6 Å². The van der Waals surface area contributed by atoms with Crippen molar-refractivity contribution >= 4 is 15.9 Å². The Morgan fingerprint density at radius 3 is 2.27 bits per heavy atom. The molecule has 0 aromatic heterocycles. The van der Waals surface area contributed by atoms with Gasteiger partial charge in [0.05, 0.1) is 10.9 Å². The number of hydrogen-bond acceptors (Lipinski definition) is 5. The second-order valence-electron chi connectivity index (χ2n) is 6.66. The van der Waals surface area contributed by atoms with Gasteiger partial charge >= 0.3 is 0 Å². The lowest BCUT2D eigenvalue weighted by Gasteiger charge is -2.37. The van der Waals surface area contributed by atoms with Gasteiger partial charge in [-0.1, -0.05) is 0 Å². The molecule has 0 radical (unpaired) electrons. The molecule has 3 rings (SSSR count). The molecular weight excluding hydrogens is 361 g/mol. The number of carbonyl (C=O) groups is 1. The van der Waals surface area contributed by atoms with Crippen LogP contribution in [0.4, 0.5) is 4.39 Å². The van der Waals surface area contributed by atoms with Crippen molar-refractivity contribution in [2.45, 2.75) is 23.8 Å². The topological polar surface area (TPSA) is 92.9 Å². The van der Waals surface area contributed by atoms with Gasteiger partial charge in [-0.25, -0.2) is 12.8 Å². The van der Waals surface area contributed by atoms with Crippen LogP contribution in [0.3, 0.4) is 0 Å². The van der Waals surface area contributed by atoms with Gasteiger partial charge in [0.25, 0.3) is 0 Å². The molecule has 2 aliphatic rings. The maximum Gasteiger partial charge on any atom is 0.243 e. The molecule has 0 spiro atoms. The molecular formula is C17H24FN3O4S. The first kappa shape index (κ1) is 19.2. The first-order chi connectivity index (χ1) is 12.4. The summed E-state index contributed by atoms with van der Waals surface area (Å²) in [5, 5.41) is 0. The fourth-order valence-corrected chi connectivity index (χ4v) is 4.81. The van der Waals surface area contributed by atoms with Crippen LogP contribution in [-0.4, -0.2) is 69.0 Å². The lowest BCUT2D eigenvalue weighted by atomic mass is 9.91. The number of halogens is 1. The Morgan fingerprint density at radius 1 is 1.12 bits per heavy atom. The van der Waals surface area contributed by atoms with Gasteiger partial charge < -0.3 is 15.4 Å². The van der Waals surface area contributed by atoms with Gasteiger partial charge in [0.15, 0.2) is 0 Å². The number of benzene rings is 1. The van der Waals surface area contributed by atoms with Crippen molar-refractivity contribution in [3.63, 3.8) is 0 Å². The summed E-state index contributed by atoms with van der Waals surface area (Å²) in [6, 6.07) is 4.19. The number of carbonyl (C=O) groups excluding carboxylic acids is 1. The van der Waals surface area contributed by atoms with E-state index in [0.29, 0.717) is 26.3 Å². The van der Waals surface area contributed by atoms with Gasteiger partial charge in [0.1, 0.15) is 5.82 Å². The Bertz CT molecular complexity index is 727. The summed E-state index contributed by atoms with van der Waals surface area (Å²) in [7, 11) is -3.69. The molecule has 1 amide bonds. The van der Waals surface area contributed by atoms with Crippen LogP contribution in [0.5, 0.6) is 0 Å². The Hall–Kier alpha value is -1.55. The first-order valence-electron chi connectivity index (χ1n) is 8.77. The molecule has 2 saturated heterocycles. The zero-order valence-electron chi connectivity index (χ0n) is 14.5. The van der Waals surface area contributed by atoms with Crippen molar-refractivity contribution < 1.29 is 22.3 Å². The number of ether oxygens (including phenoxy) is 1. The molecule has 144 valence electrons. The lowest BCUT2D eigenvalue weighted by molar-refractivity contribution is -0.135. The van der Waals surface area contributed by atoms with E-state index >= 15 is 0 Å². The van der Waals surface area contributed by atoms with E-state index < -0.39 is 21.9 Å². The van der Waals surface area contributed by atoms with Crippen LogP contribution in [0.1, 0.15) is 12.8 Å². The maximum absolute atomic E-state index is 13.0. The Morgan fingerprint density at radius 2 is 1.69 bits per heavy atom. The van der Waals surface area contributed by atoms with Crippen LogP contribution >= 0.6 is 0 Å². The third-order valence-electron chi connectivity index (χ3n) is 5.06. The number of amides is 1. The smallest absolute Gasteiger partial charge is 0.243 e. The predicted molar refractivity (Wildman–Crippen MR) is 93.3 cm³/mol. The molecule has 1 aromatic carbocycles. The van der Waals surface area contributed by atoms with E-state index in [2.05, 4.69) is 0 Å². The predicted octanol–water partition coefficient (Wildman–Crippen LogP) is 0.413. The quantitative estimate of drug-likeness (QED) is 0.811. The first-order valence-corrected chi connectivity index (χ1v) is 10.2. The maximum atomic E-state index is 13.0. The van der Waals surface area contributed by atoms with Gasteiger partial charge in [-0.2, -0.15) is 4.31 Å². The van der Waals surface area contributed by atoms with Gasteiger partial charge in [-0.3, -0.25) is 4.79 Å². The van der Waals surface area contributed by atoms with Gasteiger partial charge in [0, 0.05) is 39.4 Å². The average molecular weight is 385 g/mol. The van der Waals surface area contributed by atoms with Gasteiger partial charge in [-0.05, 0) is 43.0 Å². The number of sulfonamides is 1. The van der Waals surface area contributed by atoms with Crippen molar-refractivity contribution in [1.82, 2.24) is 9.21 Å². The van der Waals surface area contributed by atoms with E-state index in [1.54, 1.807) is 4.90 Å². The Balaban J connectivity index is 1.59. The zero-order valence-corrected chi connectivity index (χ0v) is 15.3. The summed E-state index contributed by atoms with van der Waals surface area (Å²) in [6.45, 7) is 2.24. The number of piperazine rings is 1. The minimum absolute atomic E-state index is 0.0533. The number of rotatable bonds is 4. The molecule has 0 aliphatic carbocycles. The van der Waals surface area contributed by atoms with Crippen LogP contribution in [0.2, 0.25) is 0 Å². The van der Waals surface area contributed by atoms with E-state index in [-0.39, 0.29) is 29.8 Å². The second-order valence-corrected chi connectivity index (χ2v) is 8.60. The minimum Gasteiger partial charge on any atom is -0.381 e. The molecule has 1 atom stereocenters. The highest BCUT2D eigenvalue weighted by Gasteiger charge is 2.34. The van der Waals surface area contributed by atoms with E-state index in [4.69, 9.17) is 10.5 Å². The van der Waals surface area contributed by atoms with Crippen molar-refractivity contribution in [3.8, 4) is 0 Å². The summed E-state index contributed by atoms with van der Waals surface area (Å²) in [4.78, 5) is 14.3. The standard InChI is InChI=1S/C17H24FN3O4S/c18-14-1-3-15(4-2-14)26(23,24)21-9-7-20(8-10-21)17(22)16(19)13-5-11-25-12-6-13/h1-4,13,16H,5-12,19H2. The minimum atomic E-state index is -3.69. The molecule has 1 unspecified atom stereocenters. The van der Waals surface area contributed by atoms with Crippen molar-refractivity contribution in [2.75, 3.05) is 39.4 Å². The lowest BCUT2D eigenvalue weighted by Crippen LogP contribution is -2.56.